The van der Waals surface area contributed by atoms with E-state index in [4.69, 9.17) is 4.74 Å². The quantitative estimate of drug-likeness (QED) is 0.829. The number of benzene rings is 1. The highest BCUT2D eigenvalue weighted by Gasteiger charge is 2.40. The largest absolute Gasteiger partial charge is 0.383 e. The van der Waals surface area contributed by atoms with Crippen LogP contribution in [0.1, 0.15) is 23.7 Å². The van der Waals surface area contributed by atoms with Crippen LogP contribution in [0.3, 0.4) is 0 Å². The van der Waals surface area contributed by atoms with Gasteiger partial charge >= 0.3 is 0 Å². The molecule has 6 nitrogen and oxygen atoms in total. The van der Waals surface area contributed by atoms with E-state index in [9.17, 15) is 4.79 Å². The summed E-state index contributed by atoms with van der Waals surface area (Å²) in [6.07, 6.45) is 3.13. The van der Waals surface area contributed by atoms with E-state index < -0.39 is 0 Å². The fourth-order valence-electron chi connectivity index (χ4n) is 3.67. The Hall–Kier alpha value is -2.18. The van der Waals surface area contributed by atoms with Gasteiger partial charge in [-0.05, 0) is 18.1 Å². The number of carbonyl (C=O) groups excluding carboxylic acids is 1. The van der Waals surface area contributed by atoms with Crippen LogP contribution in [-0.2, 0) is 23.0 Å². The van der Waals surface area contributed by atoms with E-state index in [0.717, 1.165) is 12.1 Å². The molecule has 2 aromatic rings. The van der Waals surface area contributed by atoms with Crippen LogP contribution >= 0.6 is 0 Å². The van der Waals surface area contributed by atoms with Crippen LogP contribution in [0.5, 0.6) is 0 Å². The molecule has 1 saturated heterocycles. The van der Waals surface area contributed by atoms with Crippen LogP contribution < -0.4 is 5.32 Å². The maximum Gasteiger partial charge on any atom is 0.224 e. The minimum Gasteiger partial charge on any atom is -0.383 e. The first-order valence-corrected chi connectivity index (χ1v) is 8.62. The van der Waals surface area contributed by atoms with Crippen molar-refractivity contribution < 1.29 is 9.53 Å². The average Bonchev–Trinajstić information content (AvgIpc) is 3.12. The zero-order valence-corrected chi connectivity index (χ0v) is 15.1. The standard InChI is InChI=1S/C19H26N4O2/c1-22-18(24)12-16(19(22)17-9-10-20-23(17)2)21-15(13-25-3)11-14-7-5-4-6-8-14/h4-10,15-16,19,21H,11-13H2,1-3H3/t15-,16+,19+/m0/s1. The number of hydrogen-bond donors (Lipinski definition) is 1. The molecular weight excluding hydrogens is 316 g/mol. The zero-order valence-electron chi connectivity index (χ0n) is 15.1. The van der Waals surface area contributed by atoms with Gasteiger partial charge in [-0.25, -0.2) is 0 Å². The number of nitrogens with zero attached hydrogens (tertiary/aromatic N) is 3. The number of amides is 1. The highest BCUT2D eigenvalue weighted by atomic mass is 16.5. The average molecular weight is 342 g/mol. The molecule has 3 rings (SSSR count). The summed E-state index contributed by atoms with van der Waals surface area (Å²) in [6, 6.07) is 12.5. The van der Waals surface area contributed by atoms with Gasteiger partial charge in [0.05, 0.1) is 18.3 Å². The van der Waals surface area contributed by atoms with Gasteiger partial charge in [0.15, 0.2) is 0 Å². The summed E-state index contributed by atoms with van der Waals surface area (Å²) in [5.74, 6) is 0.152. The minimum absolute atomic E-state index is 0.0184. The van der Waals surface area contributed by atoms with Gasteiger partial charge in [0.1, 0.15) is 0 Å². The Kier molecular flexibility index (Phi) is 5.50. The van der Waals surface area contributed by atoms with E-state index in [1.54, 1.807) is 13.3 Å². The highest BCUT2D eigenvalue weighted by molar-refractivity contribution is 5.80. The Morgan fingerprint density at radius 1 is 1.28 bits per heavy atom. The van der Waals surface area contributed by atoms with E-state index in [1.807, 2.05) is 47.9 Å². The molecule has 1 aliphatic heterocycles. The summed E-state index contributed by atoms with van der Waals surface area (Å²) in [5.41, 5.74) is 2.30. The Balaban J connectivity index is 1.77. The third-order valence-corrected chi connectivity index (χ3v) is 4.89. The number of hydrogen-bond acceptors (Lipinski definition) is 4. The van der Waals surface area contributed by atoms with Gasteiger partial charge in [-0.3, -0.25) is 9.48 Å². The molecule has 3 atom stereocenters. The molecule has 134 valence electrons. The fraction of sp³-hybridized carbons (Fsp3) is 0.474. The number of likely N-dealkylation sites (N-methyl/N-ethyl adjacent to an activating group) is 1. The molecule has 25 heavy (non-hydrogen) atoms. The van der Waals surface area contributed by atoms with Crippen LogP contribution in [0.4, 0.5) is 0 Å². The third kappa shape index (κ3) is 3.91. The van der Waals surface area contributed by atoms with Crippen LogP contribution in [0, 0.1) is 0 Å². The molecule has 1 aliphatic rings. The van der Waals surface area contributed by atoms with Gasteiger partial charge in [-0.1, -0.05) is 30.3 Å². The van der Waals surface area contributed by atoms with Gasteiger partial charge in [0, 0.05) is 45.9 Å². The predicted molar refractivity (Wildman–Crippen MR) is 96.1 cm³/mol. The summed E-state index contributed by atoms with van der Waals surface area (Å²) in [6.45, 7) is 0.599. The molecule has 0 radical (unpaired) electrons. The number of aromatic nitrogens is 2. The molecule has 0 unspecified atom stereocenters. The molecule has 1 aromatic carbocycles. The number of ether oxygens (including phenoxy) is 1. The molecule has 6 heteroatoms. The van der Waals surface area contributed by atoms with Crippen molar-refractivity contribution in [2.75, 3.05) is 20.8 Å². The minimum atomic E-state index is -0.0184. The topological polar surface area (TPSA) is 59.4 Å². The number of aryl methyl sites for hydroxylation is 1. The molecule has 1 aromatic heterocycles. The van der Waals surface area contributed by atoms with Crippen molar-refractivity contribution in [1.29, 1.82) is 0 Å². The molecule has 0 aliphatic carbocycles. The zero-order chi connectivity index (χ0) is 17.8. The Morgan fingerprint density at radius 2 is 2.04 bits per heavy atom. The summed E-state index contributed by atoms with van der Waals surface area (Å²) < 4.78 is 7.26. The van der Waals surface area contributed by atoms with Crippen LogP contribution in [-0.4, -0.2) is 53.4 Å². The second-order valence-electron chi connectivity index (χ2n) is 6.65. The number of methoxy groups -OCH3 is 1. The first kappa shape index (κ1) is 17.6. The maximum absolute atomic E-state index is 12.3. The van der Waals surface area contributed by atoms with E-state index in [1.165, 1.54) is 5.56 Å². The molecular formula is C19H26N4O2. The van der Waals surface area contributed by atoms with Gasteiger partial charge in [-0.15, -0.1) is 0 Å². The SMILES string of the molecule is COC[C@H](Cc1ccccc1)N[C@@H]1CC(=O)N(C)[C@H]1c1ccnn1C. The Labute approximate surface area is 148 Å². The molecule has 0 spiro atoms. The smallest absolute Gasteiger partial charge is 0.224 e. The summed E-state index contributed by atoms with van der Waals surface area (Å²) >= 11 is 0. The second kappa shape index (κ2) is 7.80. The van der Waals surface area contributed by atoms with E-state index in [2.05, 4.69) is 22.5 Å². The van der Waals surface area contributed by atoms with Crippen molar-refractivity contribution in [3.05, 3.63) is 53.9 Å². The second-order valence-corrected chi connectivity index (χ2v) is 6.65. The molecule has 1 N–H and O–H groups in total. The first-order valence-electron chi connectivity index (χ1n) is 8.62. The molecule has 1 amide bonds. The van der Waals surface area contributed by atoms with Gasteiger partial charge in [0.25, 0.3) is 0 Å². The van der Waals surface area contributed by atoms with Crippen LogP contribution in [0.25, 0.3) is 0 Å². The Morgan fingerprint density at radius 3 is 2.68 bits per heavy atom. The maximum atomic E-state index is 12.3. The number of likely N-dealkylation sites (tertiary alicyclic amines) is 1. The van der Waals surface area contributed by atoms with E-state index in [0.29, 0.717) is 13.0 Å². The fourth-order valence-corrected chi connectivity index (χ4v) is 3.67. The van der Waals surface area contributed by atoms with Crippen LogP contribution in [0.2, 0.25) is 0 Å². The summed E-state index contributed by atoms with van der Waals surface area (Å²) in [4.78, 5) is 14.1. The van der Waals surface area contributed by atoms with Crippen LogP contribution in [0.15, 0.2) is 42.6 Å². The lowest BCUT2D eigenvalue weighted by Crippen LogP contribution is -2.45. The van der Waals surface area contributed by atoms with E-state index in [-0.39, 0.29) is 24.0 Å². The Bertz CT molecular complexity index is 700. The number of nitrogens with one attached hydrogen (secondary N) is 1. The van der Waals surface area contributed by atoms with Gasteiger partial charge in [-0.2, -0.15) is 5.10 Å². The monoisotopic (exact) mass is 342 g/mol. The molecule has 0 bridgehead atoms. The molecule has 1 fully saturated rings. The lowest BCUT2D eigenvalue weighted by Gasteiger charge is -2.29. The normalized spacial score (nSPS) is 21.7. The van der Waals surface area contributed by atoms with Crippen molar-refractivity contribution in [1.82, 2.24) is 20.0 Å². The van der Waals surface area contributed by atoms with Crippen molar-refractivity contribution in [2.45, 2.75) is 31.0 Å². The molecule has 0 saturated carbocycles. The highest BCUT2D eigenvalue weighted by Crippen LogP contribution is 2.32. The third-order valence-electron chi connectivity index (χ3n) is 4.89. The summed E-state index contributed by atoms with van der Waals surface area (Å²) in [7, 11) is 5.49. The van der Waals surface area contributed by atoms with Crippen molar-refractivity contribution in [3.8, 4) is 0 Å². The van der Waals surface area contributed by atoms with Crippen molar-refractivity contribution in [3.63, 3.8) is 0 Å². The van der Waals surface area contributed by atoms with Gasteiger partial charge < -0.3 is 15.0 Å². The predicted octanol–water partition coefficient (Wildman–Crippen LogP) is 1.54. The molecule has 2 heterocycles. The van der Waals surface area contributed by atoms with E-state index >= 15 is 0 Å². The summed E-state index contributed by atoms with van der Waals surface area (Å²) in [5, 5.41) is 7.93. The number of rotatable bonds is 7. The first-order chi connectivity index (χ1) is 12.1. The lowest BCUT2D eigenvalue weighted by molar-refractivity contribution is -0.127. The van der Waals surface area contributed by atoms with Crippen molar-refractivity contribution in [2.24, 2.45) is 7.05 Å². The lowest BCUT2D eigenvalue weighted by atomic mass is 10.0. The van der Waals surface area contributed by atoms with Gasteiger partial charge in [0.2, 0.25) is 5.91 Å². The van der Waals surface area contributed by atoms with Crippen molar-refractivity contribution >= 4 is 5.91 Å². The number of carbonyl (C=O) groups is 1.